The number of nitrogens with one attached hydrogen (secondary N) is 2. The lowest BCUT2D eigenvalue weighted by Gasteiger charge is -2.14. The Morgan fingerprint density at radius 3 is 2.44 bits per heavy atom. The van der Waals surface area contributed by atoms with Crippen LogP contribution in [0.5, 0.6) is 5.75 Å². The van der Waals surface area contributed by atoms with Crippen LogP contribution in [-0.4, -0.2) is 24.5 Å². The van der Waals surface area contributed by atoms with Gasteiger partial charge in [0.15, 0.2) is 6.61 Å². The second-order valence-electron chi connectivity index (χ2n) is 6.49. The Morgan fingerprint density at radius 1 is 0.926 bits per heavy atom. The first-order chi connectivity index (χ1) is 13.0. The molecule has 0 spiro atoms. The van der Waals surface area contributed by atoms with E-state index in [1.54, 1.807) is 24.3 Å². The number of hydrogen-bond acceptors (Lipinski definition) is 3. The van der Waals surface area contributed by atoms with E-state index in [1.165, 1.54) is 0 Å². The van der Waals surface area contributed by atoms with Crippen LogP contribution in [0.1, 0.15) is 24.2 Å². The molecule has 2 N–H and O–H groups in total. The maximum atomic E-state index is 12.4. The molecule has 0 aromatic heterocycles. The molecular formula is C22H22N2O3. The SMILES string of the molecule is CC(C)NC(=O)c1ccccc1NC(=O)COc1cccc2ccccc12. The van der Waals surface area contributed by atoms with Crippen LogP contribution in [0, 0.1) is 0 Å². The molecule has 0 unspecified atom stereocenters. The number of ether oxygens (including phenoxy) is 1. The molecule has 2 amide bonds. The topological polar surface area (TPSA) is 67.4 Å². The quantitative estimate of drug-likeness (QED) is 0.697. The van der Waals surface area contributed by atoms with Crippen molar-refractivity contribution in [3.8, 4) is 5.75 Å². The molecule has 27 heavy (non-hydrogen) atoms. The molecule has 0 fully saturated rings. The van der Waals surface area contributed by atoms with Gasteiger partial charge in [0.1, 0.15) is 5.75 Å². The third-order valence-corrected chi connectivity index (χ3v) is 3.97. The minimum atomic E-state index is -0.326. The van der Waals surface area contributed by atoms with Gasteiger partial charge < -0.3 is 15.4 Å². The van der Waals surface area contributed by atoms with Gasteiger partial charge in [0.2, 0.25) is 0 Å². The molecule has 0 aliphatic heterocycles. The van der Waals surface area contributed by atoms with Gasteiger partial charge in [-0.2, -0.15) is 0 Å². The normalized spacial score (nSPS) is 10.6. The van der Waals surface area contributed by atoms with Crippen LogP contribution in [0.25, 0.3) is 10.8 Å². The first-order valence-electron chi connectivity index (χ1n) is 8.85. The van der Waals surface area contributed by atoms with Crippen molar-refractivity contribution in [1.29, 1.82) is 0 Å². The highest BCUT2D eigenvalue weighted by molar-refractivity contribution is 6.04. The van der Waals surface area contributed by atoms with Crippen molar-refractivity contribution in [2.45, 2.75) is 19.9 Å². The lowest BCUT2D eigenvalue weighted by Crippen LogP contribution is -2.31. The summed E-state index contributed by atoms with van der Waals surface area (Å²) in [5.41, 5.74) is 0.881. The number of rotatable bonds is 6. The Labute approximate surface area is 158 Å². The zero-order valence-corrected chi connectivity index (χ0v) is 15.4. The molecule has 5 nitrogen and oxygen atoms in total. The highest BCUT2D eigenvalue weighted by Crippen LogP contribution is 2.25. The summed E-state index contributed by atoms with van der Waals surface area (Å²) in [6.45, 7) is 3.63. The van der Waals surface area contributed by atoms with Crippen molar-refractivity contribution in [2.24, 2.45) is 0 Å². The zero-order valence-electron chi connectivity index (χ0n) is 15.4. The summed E-state index contributed by atoms with van der Waals surface area (Å²) in [7, 11) is 0. The van der Waals surface area contributed by atoms with Crippen molar-refractivity contribution in [3.05, 3.63) is 72.3 Å². The number of fused-ring (bicyclic) bond motifs is 1. The van der Waals surface area contributed by atoms with Crippen LogP contribution in [-0.2, 0) is 4.79 Å². The summed E-state index contributed by atoms with van der Waals surface area (Å²) >= 11 is 0. The minimum Gasteiger partial charge on any atom is -0.483 e. The van der Waals surface area contributed by atoms with Gasteiger partial charge in [-0.25, -0.2) is 0 Å². The predicted octanol–water partition coefficient (Wildman–Crippen LogP) is 4.00. The Morgan fingerprint density at radius 2 is 1.63 bits per heavy atom. The van der Waals surface area contributed by atoms with Crippen LogP contribution >= 0.6 is 0 Å². The number of hydrogen-bond donors (Lipinski definition) is 2. The molecule has 0 aliphatic carbocycles. The highest BCUT2D eigenvalue weighted by Gasteiger charge is 2.14. The largest absolute Gasteiger partial charge is 0.483 e. The lowest BCUT2D eigenvalue weighted by molar-refractivity contribution is -0.118. The first kappa shape index (κ1) is 18.5. The number of anilines is 1. The third kappa shape index (κ3) is 4.64. The fourth-order valence-corrected chi connectivity index (χ4v) is 2.78. The Hall–Kier alpha value is -3.34. The van der Waals surface area contributed by atoms with Crippen LogP contribution < -0.4 is 15.4 Å². The Balaban J connectivity index is 1.69. The molecule has 5 heteroatoms. The highest BCUT2D eigenvalue weighted by atomic mass is 16.5. The van der Waals surface area contributed by atoms with Crippen molar-refractivity contribution >= 4 is 28.3 Å². The van der Waals surface area contributed by atoms with Crippen molar-refractivity contribution in [3.63, 3.8) is 0 Å². The van der Waals surface area contributed by atoms with E-state index in [9.17, 15) is 9.59 Å². The van der Waals surface area contributed by atoms with Gasteiger partial charge in [0, 0.05) is 11.4 Å². The summed E-state index contributed by atoms with van der Waals surface area (Å²) in [5.74, 6) is 0.0951. The number of benzene rings is 3. The van der Waals surface area contributed by atoms with E-state index in [4.69, 9.17) is 4.74 Å². The summed E-state index contributed by atoms with van der Waals surface area (Å²) in [6, 6.07) is 20.5. The maximum Gasteiger partial charge on any atom is 0.262 e. The van der Waals surface area contributed by atoms with Crippen LogP contribution in [0.2, 0.25) is 0 Å². The molecule has 0 radical (unpaired) electrons. The van der Waals surface area contributed by atoms with Crippen LogP contribution in [0.4, 0.5) is 5.69 Å². The van der Waals surface area contributed by atoms with E-state index in [-0.39, 0.29) is 24.5 Å². The van der Waals surface area contributed by atoms with E-state index in [0.29, 0.717) is 17.0 Å². The average molecular weight is 362 g/mol. The number of carbonyl (C=O) groups is 2. The molecule has 3 aromatic rings. The molecular weight excluding hydrogens is 340 g/mol. The van der Waals surface area contributed by atoms with Crippen molar-refractivity contribution in [1.82, 2.24) is 5.32 Å². The van der Waals surface area contributed by atoms with E-state index in [1.807, 2.05) is 56.3 Å². The summed E-state index contributed by atoms with van der Waals surface area (Å²) < 4.78 is 5.71. The molecule has 0 saturated heterocycles. The third-order valence-electron chi connectivity index (χ3n) is 3.97. The van der Waals surface area contributed by atoms with Gasteiger partial charge in [-0.3, -0.25) is 9.59 Å². The predicted molar refractivity (Wildman–Crippen MR) is 107 cm³/mol. The van der Waals surface area contributed by atoms with Gasteiger partial charge in [-0.15, -0.1) is 0 Å². The van der Waals surface area contributed by atoms with Crippen molar-refractivity contribution < 1.29 is 14.3 Å². The first-order valence-corrected chi connectivity index (χ1v) is 8.85. The maximum absolute atomic E-state index is 12.4. The Kier molecular flexibility index (Phi) is 5.71. The number of para-hydroxylation sites is 1. The van der Waals surface area contributed by atoms with Crippen LogP contribution in [0.3, 0.4) is 0 Å². The minimum absolute atomic E-state index is 0.0101. The standard InChI is InChI=1S/C22H22N2O3/c1-15(2)23-22(26)18-11-5-6-12-19(18)24-21(25)14-27-20-13-7-9-16-8-3-4-10-17(16)20/h3-13,15H,14H2,1-2H3,(H,23,26)(H,24,25). The number of carbonyl (C=O) groups excluding carboxylic acids is 2. The van der Waals surface area contributed by atoms with E-state index < -0.39 is 0 Å². The smallest absolute Gasteiger partial charge is 0.262 e. The monoisotopic (exact) mass is 362 g/mol. The Bertz CT molecular complexity index is 961. The second-order valence-corrected chi connectivity index (χ2v) is 6.49. The molecule has 0 aliphatic rings. The fraction of sp³-hybridized carbons (Fsp3) is 0.182. The van der Waals surface area contributed by atoms with Gasteiger partial charge >= 0.3 is 0 Å². The van der Waals surface area contributed by atoms with Crippen LogP contribution in [0.15, 0.2) is 66.7 Å². The molecule has 0 atom stereocenters. The average Bonchev–Trinajstić information content (AvgIpc) is 2.66. The van der Waals surface area contributed by atoms with Gasteiger partial charge in [-0.1, -0.05) is 48.5 Å². The van der Waals surface area contributed by atoms with Gasteiger partial charge in [-0.05, 0) is 37.4 Å². The zero-order chi connectivity index (χ0) is 19.2. The molecule has 0 bridgehead atoms. The van der Waals surface area contributed by atoms with Crippen molar-refractivity contribution in [2.75, 3.05) is 11.9 Å². The van der Waals surface area contributed by atoms with E-state index in [0.717, 1.165) is 10.8 Å². The van der Waals surface area contributed by atoms with E-state index >= 15 is 0 Å². The molecule has 3 rings (SSSR count). The molecule has 138 valence electrons. The lowest BCUT2D eigenvalue weighted by atomic mass is 10.1. The second kappa shape index (κ2) is 8.36. The number of amides is 2. The summed E-state index contributed by atoms with van der Waals surface area (Å²) in [6.07, 6.45) is 0. The molecule has 3 aromatic carbocycles. The molecule has 0 heterocycles. The van der Waals surface area contributed by atoms with Gasteiger partial charge in [0.05, 0.1) is 11.3 Å². The molecule has 0 saturated carbocycles. The summed E-state index contributed by atoms with van der Waals surface area (Å²) in [5, 5.41) is 7.58. The fourth-order valence-electron chi connectivity index (χ4n) is 2.78. The summed E-state index contributed by atoms with van der Waals surface area (Å²) in [4.78, 5) is 24.6. The van der Waals surface area contributed by atoms with Gasteiger partial charge in [0.25, 0.3) is 11.8 Å². The van der Waals surface area contributed by atoms with E-state index in [2.05, 4.69) is 10.6 Å².